The summed E-state index contributed by atoms with van der Waals surface area (Å²) in [6.45, 7) is 0. The normalized spacial score (nSPS) is 10.9. The summed E-state index contributed by atoms with van der Waals surface area (Å²) < 4.78 is 0. The molecule has 0 fully saturated rings. The number of pyridine rings is 2. The van der Waals surface area contributed by atoms with Crippen molar-refractivity contribution in [3.63, 3.8) is 0 Å². The van der Waals surface area contributed by atoms with Gasteiger partial charge < -0.3 is 15.3 Å². The van der Waals surface area contributed by atoms with E-state index >= 15 is 0 Å². The van der Waals surface area contributed by atoms with Gasteiger partial charge in [-0.3, -0.25) is 14.4 Å². The fourth-order valence-corrected chi connectivity index (χ4v) is 2.78. The van der Waals surface area contributed by atoms with Crippen molar-refractivity contribution in [1.29, 1.82) is 0 Å². The second kappa shape index (κ2) is 5.76. The zero-order chi connectivity index (χ0) is 17.4. The lowest BCUT2D eigenvalue weighted by molar-refractivity contribution is 0.102. The van der Waals surface area contributed by atoms with Crippen LogP contribution in [-0.4, -0.2) is 15.9 Å². The molecule has 2 aromatic heterocycles. The highest BCUT2D eigenvalue weighted by Crippen LogP contribution is 2.17. The number of H-pyrrole nitrogens is 2. The van der Waals surface area contributed by atoms with E-state index in [4.69, 9.17) is 0 Å². The van der Waals surface area contributed by atoms with Crippen molar-refractivity contribution in [2.45, 2.75) is 0 Å². The quantitative estimate of drug-likeness (QED) is 0.527. The van der Waals surface area contributed by atoms with E-state index in [9.17, 15) is 14.4 Å². The van der Waals surface area contributed by atoms with E-state index in [1.54, 1.807) is 42.6 Å². The Kier molecular flexibility index (Phi) is 3.43. The maximum absolute atomic E-state index is 12.5. The first kappa shape index (κ1) is 14.9. The van der Waals surface area contributed by atoms with Crippen LogP contribution in [0.4, 0.5) is 5.69 Å². The molecule has 0 radical (unpaired) electrons. The minimum atomic E-state index is -0.504. The number of rotatable bonds is 2. The molecule has 2 aromatic carbocycles. The number of aromatic nitrogens is 2. The molecular formula is C19H13N3O3. The maximum atomic E-state index is 12.5. The lowest BCUT2D eigenvalue weighted by Gasteiger charge is -2.07. The summed E-state index contributed by atoms with van der Waals surface area (Å²) in [4.78, 5) is 41.7. The number of amides is 1. The SMILES string of the molecule is O=C(Nc1ccc2c(=O)[nH]ccc2c1)c1cc2ccccc2[nH]c1=O. The van der Waals surface area contributed by atoms with Crippen molar-refractivity contribution >= 4 is 33.3 Å². The Morgan fingerprint density at radius 2 is 1.72 bits per heavy atom. The van der Waals surface area contributed by atoms with Gasteiger partial charge in [0.15, 0.2) is 0 Å². The van der Waals surface area contributed by atoms with Crippen molar-refractivity contribution < 1.29 is 4.79 Å². The van der Waals surface area contributed by atoms with Crippen LogP contribution in [-0.2, 0) is 0 Å². The summed E-state index contributed by atoms with van der Waals surface area (Å²) in [7, 11) is 0. The molecule has 122 valence electrons. The summed E-state index contributed by atoms with van der Waals surface area (Å²) in [5, 5.41) is 4.71. The number of carbonyl (C=O) groups is 1. The first-order chi connectivity index (χ1) is 12.1. The Labute approximate surface area is 141 Å². The van der Waals surface area contributed by atoms with Crippen LogP contribution < -0.4 is 16.4 Å². The van der Waals surface area contributed by atoms with Gasteiger partial charge in [0, 0.05) is 22.8 Å². The summed E-state index contributed by atoms with van der Waals surface area (Å²) in [6, 6.07) is 15.5. The van der Waals surface area contributed by atoms with Crippen molar-refractivity contribution in [2.75, 3.05) is 5.32 Å². The lowest BCUT2D eigenvalue weighted by Crippen LogP contribution is -2.23. The molecule has 1 amide bonds. The first-order valence-electron chi connectivity index (χ1n) is 7.67. The van der Waals surface area contributed by atoms with Gasteiger partial charge in [0.25, 0.3) is 17.0 Å². The van der Waals surface area contributed by atoms with E-state index in [-0.39, 0.29) is 11.1 Å². The van der Waals surface area contributed by atoms with Crippen LogP contribution in [0.2, 0.25) is 0 Å². The highest BCUT2D eigenvalue weighted by molar-refractivity contribution is 6.06. The summed E-state index contributed by atoms with van der Waals surface area (Å²) in [5.74, 6) is -0.504. The average Bonchev–Trinajstić information content (AvgIpc) is 2.61. The Hall–Kier alpha value is -3.67. The fraction of sp³-hybridized carbons (Fsp3) is 0. The number of hydrogen-bond acceptors (Lipinski definition) is 3. The number of benzene rings is 2. The maximum Gasteiger partial charge on any atom is 0.261 e. The Bertz CT molecular complexity index is 1240. The smallest absolute Gasteiger partial charge is 0.261 e. The topological polar surface area (TPSA) is 94.8 Å². The molecule has 0 saturated heterocycles. The molecule has 0 aliphatic rings. The molecule has 0 atom stereocenters. The van der Waals surface area contributed by atoms with E-state index in [1.165, 1.54) is 0 Å². The molecule has 4 rings (SSSR count). The molecule has 0 bridgehead atoms. The van der Waals surface area contributed by atoms with Crippen LogP contribution in [0.15, 0.2) is 70.4 Å². The van der Waals surface area contributed by atoms with Crippen molar-refractivity contribution in [3.8, 4) is 0 Å². The second-order valence-electron chi connectivity index (χ2n) is 5.66. The van der Waals surface area contributed by atoms with Gasteiger partial charge in [-0.05, 0) is 47.2 Å². The molecule has 0 unspecified atom stereocenters. The van der Waals surface area contributed by atoms with Crippen LogP contribution in [0.1, 0.15) is 10.4 Å². The molecule has 0 aliphatic carbocycles. The average molecular weight is 331 g/mol. The third-order valence-electron chi connectivity index (χ3n) is 4.03. The molecule has 0 aliphatic heterocycles. The standard InChI is InChI=1S/C19H13N3O3/c23-17-14-6-5-13(9-11(14)7-8-20-17)21-18(24)15-10-12-3-1-2-4-16(12)22-19(15)25/h1-10H,(H,20,23)(H,21,24)(H,22,25). The molecule has 4 aromatic rings. The molecule has 2 heterocycles. The van der Waals surface area contributed by atoms with Crippen LogP contribution in [0.3, 0.4) is 0 Å². The largest absolute Gasteiger partial charge is 0.329 e. The highest BCUT2D eigenvalue weighted by Gasteiger charge is 2.12. The number of aromatic amines is 2. The van der Waals surface area contributed by atoms with E-state index in [1.807, 2.05) is 18.2 Å². The number of anilines is 1. The molecule has 0 spiro atoms. The number of para-hydroxylation sites is 1. The molecule has 25 heavy (non-hydrogen) atoms. The van der Waals surface area contributed by atoms with E-state index in [0.717, 1.165) is 5.39 Å². The molecular weight excluding hydrogens is 318 g/mol. The van der Waals surface area contributed by atoms with Crippen LogP contribution in [0, 0.1) is 0 Å². The van der Waals surface area contributed by atoms with E-state index in [2.05, 4.69) is 15.3 Å². The third kappa shape index (κ3) is 2.70. The van der Waals surface area contributed by atoms with Crippen molar-refractivity contribution in [1.82, 2.24) is 9.97 Å². The first-order valence-corrected chi connectivity index (χ1v) is 7.67. The van der Waals surface area contributed by atoms with E-state index < -0.39 is 11.5 Å². The summed E-state index contributed by atoms with van der Waals surface area (Å²) >= 11 is 0. The Morgan fingerprint density at radius 1 is 0.880 bits per heavy atom. The zero-order valence-electron chi connectivity index (χ0n) is 13.0. The van der Waals surface area contributed by atoms with Gasteiger partial charge in [-0.25, -0.2) is 0 Å². The molecule has 6 nitrogen and oxygen atoms in total. The number of nitrogens with one attached hydrogen (secondary N) is 3. The predicted octanol–water partition coefficient (Wildman–Crippen LogP) is 2.62. The number of carbonyl (C=O) groups excluding carboxylic acids is 1. The Balaban J connectivity index is 1.71. The third-order valence-corrected chi connectivity index (χ3v) is 4.03. The van der Waals surface area contributed by atoms with Gasteiger partial charge in [0.1, 0.15) is 5.56 Å². The predicted molar refractivity (Wildman–Crippen MR) is 97.1 cm³/mol. The van der Waals surface area contributed by atoms with Gasteiger partial charge in [-0.15, -0.1) is 0 Å². The number of hydrogen-bond donors (Lipinski definition) is 3. The zero-order valence-corrected chi connectivity index (χ0v) is 13.0. The minimum Gasteiger partial charge on any atom is -0.329 e. The lowest BCUT2D eigenvalue weighted by atomic mass is 10.1. The van der Waals surface area contributed by atoms with Gasteiger partial charge in [-0.1, -0.05) is 18.2 Å². The summed E-state index contributed by atoms with van der Waals surface area (Å²) in [5.41, 5.74) is 0.573. The highest BCUT2D eigenvalue weighted by atomic mass is 16.2. The van der Waals surface area contributed by atoms with Gasteiger partial charge in [-0.2, -0.15) is 0 Å². The van der Waals surface area contributed by atoms with Gasteiger partial charge in [0.2, 0.25) is 0 Å². The summed E-state index contributed by atoms with van der Waals surface area (Å²) in [6.07, 6.45) is 1.55. The fourth-order valence-electron chi connectivity index (χ4n) is 2.78. The molecule has 0 saturated carbocycles. The van der Waals surface area contributed by atoms with Crippen molar-refractivity contribution in [2.24, 2.45) is 0 Å². The molecule has 3 N–H and O–H groups in total. The van der Waals surface area contributed by atoms with Crippen LogP contribution >= 0.6 is 0 Å². The number of fused-ring (bicyclic) bond motifs is 2. The second-order valence-corrected chi connectivity index (χ2v) is 5.66. The van der Waals surface area contributed by atoms with Crippen molar-refractivity contribution in [3.05, 3.63) is 87.1 Å². The minimum absolute atomic E-state index is 0.0321. The Morgan fingerprint density at radius 3 is 2.60 bits per heavy atom. The van der Waals surface area contributed by atoms with Crippen LogP contribution in [0.5, 0.6) is 0 Å². The van der Waals surface area contributed by atoms with Crippen LogP contribution in [0.25, 0.3) is 21.7 Å². The monoisotopic (exact) mass is 331 g/mol. The van der Waals surface area contributed by atoms with E-state index in [0.29, 0.717) is 22.0 Å². The van der Waals surface area contributed by atoms with Gasteiger partial charge in [0.05, 0.1) is 0 Å². The van der Waals surface area contributed by atoms with Gasteiger partial charge >= 0.3 is 0 Å². The molecule has 6 heteroatoms.